The maximum Gasteiger partial charge on any atom is 0.337 e. The van der Waals surface area contributed by atoms with E-state index in [4.69, 9.17) is 15.9 Å². The van der Waals surface area contributed by atoms with Gasteiger partial charge in [0, 0.05) is 0 Å². The maximum atomic E-state index is 11.2. The molecule has 1 rings (SSSR count). The summed E-state index contributed by atoms with van der Waals surface area (Å²) >= 11 is 0. The Bertz CT molecular complexity index is 480. The van der Waals surface area contributed by atoms with E-state index in [0.29, 0.717) is 24.0 Å². The summed E-state index contributed by atoms with van der Waals surface area (Å²) in [5, 5.41) is 18.2. The quantitative estimate of drug-likeness (QED) is 0.693. The van der Waals surface area contributed by atoms with Crippen molar-refractivity contribution in [1.82, 2.24) is 0 Å². The van der Waals surface area contributed by atoms with Gasteiger partial charge in [-0.05, 0) is 30.0 Å². The molecule has 5 nitrogen and oxygen atoms in total. The molecule has 0 aliphatic rings. The third-order valence-electron chi connectivity index (χ3n) is 2.74. The van der Waals surface area contributed by atoms with Crippen molar-refractivity contribution < 1.29 is 19.8 Å². The molecule has 0 aliphatic heterocycles. The molecule has 4 N–H and O–H groups in total. The van der Waals surface area contributed by atoms with Crippen LogP contribution < -0.4 is 5.73 Å². The lowest BCUT2D eigenvalue weighted by molar-refractivity contribution is 0.0680. The van der Waals surface area contributed by atoms with E-state index in [0.717, 1.165) is 0 Å². The SMILES string of the molecule is CCc1cc(C(=O)O)c(N)c(CC)c1C(=O)O. The van der Waals surface area contributed by atoms with E-state index >= 15 is 0 Å². The minimum Gasteiger partial charge on any atom is -0.478 e. The molecule has 0 bridgehead atoms. The van der Waals surface area contributed by atoms with Crippen LogP contribution in [-0.2, 0) is 12.8 Å². The van der Waals surface area contributed by atoms with Crippen LogP contribution in [0.5, 0.6) is 0 Å². The number of anilines is 1. The molecule has 17 heavy (non-hydrogen) atoms. The summed E-state index contributed by atoms with van der Waals surface area (Å²) in [6.07, 6.45) is 0.844. The molecule has 0 fully saturated rings. The van der Waals surface area contributed by atoms with Crippen molar-refractivity contribution in [3.05, 3.63) is 28.3 Å². The number of nitrogens with two attached hydrogens (primary N) is 1. The molecule has 0 heterocycles. The average Bonchev–Trinajstić information content (AvgIpc) is 2.27. The maximum absolute atomic E-state index is 11.2. The number of aromatic carboxylic acids is 2. The van der Waals surface area contributed by atoms with Crippen LogP contribution in [0.2, 0.25) is 0 Å². The monoisotopic (exact) mass is 237 g/mol. The zero-order chi connectivity index (χ0) is 13.2. The van der Waals surface area contributed by atoms with Crippen molar-refractivity contribution >= 4 is 17.6 Å². The molecule has 92 valence electrons. The normalized spacial score (nSPS) is 10.2. The molecule has 1 aromatic rings. The highest BCUT2D eigenvalue weighted by atomic mass is 16.4. The second kappa shape index (κ2) is 4.86. The van der Waals surface area contributed by atoms with E-state index < -0.39 is 11.9 Å². The molecule has 0 atom stereocenters. The fraction of sp³-hybridized carbons (Fsp3) is 0.333. The molecule has 0 unspecified atom stereocenters. The lowest BCUT2D eigenvalue weighted by Gasteiger charge is -2.14. The molecule has 0 spiro atoms. The second-order valence-electron chi connectivity index (χ2n) is 3.67. The Kier molecular flexibility index (Phi) is 3.73. The van der Waals surface area contributed by atoms with Crippen molar-refractivity contribution in [3.63, 3.8) is 0 Å². The van der Waals surface area contributed by atoms with Crippen molar-refractivity contribution in [2.75, 3.05) is 5.73 Å². The number of nitrogen functional groups attached to an aromatic ring is 1. The Hall–Kier alpha value is -2.04. The van der Waals surface area contributed by atoms with Crippen LogP contribution in [0, 0.1) is 0 Å². The molecule has 0 amide bonds. The minimum atomic E-state index is -1.14. The van der Waals surface area contributed by atoms with Gasteiger partial charge in [0.2, 0.25) is 0 Å². The number of aryl methyl sites for hydroxylation is 1. The van der Waals surface area contributed by atoms with Crippen LogP contribution in [0.1, 0.15) is 45.7 Å². The summed E-state index contributed by atoms with van der Waals surface area (Å²) in [5.74, 6) is -2.20. The van der Waals surface area contributed by atoms with E-state index in [9.17, 15) is 9.59 Å². The van der Waals surface area contributed by atoms with Crippen LogP contribution >= 0.6 is 0 Å². The molecular weight excluding hydrogens is 222 g/mol. The van der Waals surface area contributed by atoms with Crippen molar-refractivity contribution in [1.29, 1.82) is 0 Å². The molecular formula is C12H15NO4. The van der Waals surface area contributed by atoms with Crippen molar-refractivity contribution in [2.24, 2.45) is 0 Å². The molecule has 0 saturated carbocycles. The Labute approximate surface area is 98.9 Å². The fourth-order valence-electron chi connectivity index (χ4n) is 1.90. The summed E-state index contributed by atoms with van der Waals surface area (Å²) in [6, 6.07) is 1.35. The number of hydrogen-bond donors (Lipinski definition) is 3. The van der Waals surface area contributed by atoms with E-state index in [1.165, 1.54) is 6.07 Å². The molecule has 0 radical (unpaired) electrons. The number of benzene rings is 1. The van der Waals surface area contributed by atoms with Crippen molar-refractivity contribution in [2.45, 2.75) is 26.7 Å². The predicted molar refractivity (Wildman–Crippen MR) is 63.5 cm³/mol. The predicted octanol–water partition coefficient (Wildman–Crippen LogP) is 1.79. The summed E-state index contributed by atoms with van der Waals surface area (Å²) in [5.41, 5.74) is 6.77. The summed E-state index contributed by atoms with van der Waals surface area (Å²) in [7, 11) is 0. The van der Waals surface area contributed by atoms with E-state index in [2.05, 4.69) is 0 Å². The van der Waals surface area contributed by atoms with Gasteiger partial charge in [0.15, 0.2) is 0 Å². The zero-order valence-electron chi connectivity index (χ0n) is 9.78. The van der Waals surface area contributed by atoms with Crippen LogP contribution in [0.15, 0.2) is 6.07 Å². The van der Waals surface area contributed by atoms with Crippen LogP contribution in [0.3, 0.4) is 0 Å². The van der Waals surface area contributed by atoms with Gasteiger partial charge in [0.1, 0.15) is 0 Å². The van der Waals surface area contributed by atoms with Gasteiger partial charge < -0.3 is 15.9 Å². The highest BCUT2D eigenvalue weighted by molar-refractivity contribution is 6.00. The fourth-order valence-corrected chi connectivity index (χ4v) is 1.90. The van der Waals surface area contributed by atoms with Crippen LogP contribution in [-0.4, -0.2) is 22.2 Å². The number of hydrogen-bond acceptors (Lipinski definition) is 3. The second-order valence-corrected chi connectivity index (χ2v) is 3.67. The Balaban J connectivity index is 3.67. The zero-order valence-corrected chi connectivity index (χ0v) is 9.78. The van der Waals surface area contributed by atoms with Crippen LogP contribution in [0.25, 0.3) is 0 Å². The lowest BCUT2D eigenvalue weighted by atomic mass is 9.92. The highest BCUT2D eigenvalue weighted by Gasteiger charge is 2.21. The molecule has 5 heteroatoms. The van der Waals surface area contributed by atoms with Gasteiger partial charge >= 0.3 is 11.9 Å². The highest BCUT2D eigenvalue weighted by Crippen LogP contribution is 2.27. The number of carbonyl (C=O) groups is 2. The number of carboxylic acids is 2. The van der Waals surface area contributed by atoms with Gasteiger partial charge in [-0.3, -0.25) is 0 Å². The minimum absolute atomic E-state index is 0.0244. The largest absolute Gasteiger partial charge is 0.478 e. The first-order chi connectivity index (χ1) is 7.93. The van der Waals surface area contributed by atoms with Crippen molar-refractivity contribution in [3.8, 4) is 0 Å². The Morgan fingerprint density at radius 2 is 1.76 bits per heavy atom. The first-order valence-electron chi connectivity index (χ1n) is 5.34. The number of carboxylic acid groups (broad SMARTS) is 2. The lowest BCUT2D eigenvalue weighted by Crippen LogP contribution is -2.14. The van der Waals surface area contributed by atoms with Gasteiger partial charge in [-0.2, -0.15) is 0 Å². The van der Waals surface area contributed by atoms with E-state index in [1.807, 2.05) is 0 Å². The summed E-state index contributed by atoms with van der Waals surface area (Å²) in [4.78, 5) is 22.2. The summed E-state index contributed by atoms with van der Waals surface area (Å²) < 4.78 is 0. The van der Waals surface area contributed by atoms with Gasteiger partial charge in [0.05, 0.1) is 16.8 Å². The molecule has 0 aliphatic carbocycles. The first-order valence-corrected chi connectivity index (χ1v) is 5.34. The average molecular weight is 237 g/mol. The third-order valence-corrected chi connectivity index (χ3v) is 2.74. The van der Waals surface area contributed by atoms with Gasteiger partial charge in [0.25, 0.3) is 0 Å². The summed E-state index contributed by atoms with van der Waals surface area (Å²) in [6.45, 7) is 3.53. The van der Waals surface area contributed by atoms with E-state index in [1.54, 1.807) is 13.8 Å². The van der Waals surface area contributed by atoms with E-state index in [-0.39, 0.29) is 16.8 Å². The van der Waals surface area contributed by atoms with Crippen LogP contribution in [0.4, 0.5) is 5.69 Å². The topological polar surface area (TPSA) is 101 Å². The number of rotatable bonds is 4. The van der Waals surface area contributed by atoms with Gasteiger partial charge in [-0.25, -0.2) is 9.59 Å². The smallest absolute Gasteiger partial charge is 0.337 e. The molecule has 1 aromatic carbocycles. The Morgan fingerprint density at radius 1 is 1.18 bits per heavy atom. The third kappa shape index (κ3) is 2.22. The van der Waals surface area contributed by atoms with Gasteiger partial charge in [-0.1, -0.05) is 13.8 Å². The molecule has 0 saturated heterocycles. The Morgan fingerprint density at radius 3 is 2.12 bits per heavy atom. The molecule has 0 aromatic heterocycles. The first kappa shape index (κ1) is 13.0. The van der Waals surface area contributed by atoms with Gasteiger partial charge in [-0.15, -0.1) is 0 Å². The standard InChI is InChI=1S/C12H15NO4/c1-3-6-5-8(11(14)15)10(13)7(4-2)9(6)12(16)17/h5H,3-4,13H2,1-2H3,(H,14,15)(H,16,17).